The van der Waals surface area contributed by atoms with Crippen molar-refractivity contribution in [3.05, 3.63) is 47.2 Å². The molecular weight excluding hydrogens is 320 g/mol. The Bertz CT molecular complexity index is 819. The number of esters is 1. The number of amides is 1. The molecule has 0 fully saturated rings. The van der Waals surface area contributed by atoms with Gasteiger partial charge in [0.15, 0.2) is 5.76 Å². The van der Waals surface area contributed by atoms with Crippen LogP contribution < -0.4 is 5.32 Å². The summed E-state index contributed by atoms with van der Waals surface area (Å²) in [6, 6.07) is 8.36. The van der Waals surface area contributed by atoms with E-state index in [1.807, 2.05) is 0 Å². The van der Waals surface area contributed by atoms with Crippen molar-refractivity contribution in [1.82, 2.24) is 5.16 Å². The van der Waals surface area contributed by atoms with E-state index in [0.717, 1.165) is 11.3 Å². The SMILES string of the molecule is CC(=O)Nc1ccc(C(=O)OCc2cc(-c3ccco3)on2)s1. The van der Waals surface area contributed by atoms with Crippen molar-refractivity contribution in [2.24, 2.45) is 0 Å². The molecule has 3 heterocycles. The van der Waals surface area contributed by atoms with Gasteiger partial charge >= 0.3 is 5.97 Å². The molecule has 118 valence electrons. The van der Waals surface area contributed by atoms with Crippen LogP contribution in [0, 0.1) is 0 Å². The molecule has 0 aliphatic carbocycles. The molecule has 0 unspecified atom stereocenters. The van der Waals surface area contributed by atoms with E-state index < -0.39 is 5.97 Å². The lowest BCUT2D eigenvalue weighted by molar-refractivity contribution is -0.114. The molecule has 3 aromatic rings. The van der Waals surface area contributed by atoms with Gasteiger partial charge in [-0.25, -0.2) is 4.79 Å². The highest BCUT2D eigenvalue weighted by Gasteiger charge is 2.14. The minimum absolute atomic E-state index is 0.0174. The lowest BCUT2D eigenvalue weighted by Gasteiger charge is -1.99. The van der Waals surface area contributed by atoms with Gasteiger partial charge in [-0.15, -0.1) is 11.3 Å². The molecule has 3 rings (SSSR count). The Morgan fingerprint density at radius 1 is 1.30 bits per heavy atom. The van der Waals surface area contributed by atoms with Crippen LogP contribution in [0.5, 0.6) is 0 Å². The summed E-state index contributed by atoms with van der Waals surface area (Å²) in [5, 5.41) is 7.01. The summed E-state index contributed by atoms with van der Waals surface area (Å²) >= 11 is 1.14. The Kier molecular flexibility index (Phi) is 4.24. The molecular formula is C15H12N2O5S. The molecule has 0 bridgehead atoms. The minimum Gasteiger partial charge on any atom is -0.461 e. The second-order valence-corrected chi connectivity index (χ2v) is 5.66. The van der Waals surface area contributed by atoms with Gasteiger partial charge in [-0.2, -0.15) is 0 Å². The normalized spacial score (nSPS) is 10.5. The molecule has 8 heteroatoms. The van der Waals surface area contributed by atoms with Crippen molar-refractivity contribution >= 4 is 28.2 Å². The molecule has 1 N–H and O–H groups in total. The third-order valence-corrected chi connectivity index (χ3v) is 3.76. The highest BCUT2D eigenvalue weighted by atomic mass is 32.1. The van der Waals surface area contributed by atoms with Gasteiger partial charge in [0, 0.05) is 13.0 Å². The third kappa shape index (κ3) is 3.67. The maximum absolute atomic E-state index is 12.0. The molecule has 0 saturated heterocycles. The van der Waals surface area contributed by atoms with Crippen LogP contribution in [0.2, 0.25) is 0 Å². The molecule has 1 amide bonds. The molecule has 0 saturated carbocycles. The zero-order valence-electron chi connectivity index (χ0n) is 12.1. The van der Waals surface area contributed by atoms with E-state index in [2.05, 4.69) is 10.5 Å². The average molecular weight is 332 g/mol. The van der Waals surface area contributed by atoms with Gasteiger partial charge in [-0.1, -0.05) is 5.16 Å². The number of carbonyl (C=O) groups is 2. The van der Waals surface area contributed by atoms with E-state index >= 15 is 0 Å². The van der Waals surface area contributed by atoms with Gasteiger partial charge in [0.05, 0.1) is 11.3 Å². The van der Waals surface area contributed by atoms with Crippen molar-refractivity contribution in [3.63, 3.8) is 0 Å². The monoisotopic (exact) mass is 332 g/mol. The van der Waals surface area contributed by atoms with E-state index in [1.54, 1.807) is 30.3 Å². The number of hydrogen-bond acceptors (Lipinski definition) is 7. The number of anilines is 1. The summed E-state index contributed by atoms with van der Waals surface area (Å²) in [5.41, 5.74) is 0.475. The van der Waals surface area contributed by atoms with Crippen LogP contribution in [0.1, 0.15) is 22.3 Å². The summed E-state index contributed by atoms with van der Waals surface area (Å²) in [5.74, 6) is 0.326. The summed E-state index contributed by atoms with van der Waals surface area (Å²) in [6.45, 7) is 1.38. The van der Waals surface area contributed by atoms with Crippen LogP contribution in [0.25, 0.3) is 11.5 Å². The lowest BCUT2D eigenvalue weighted by Crippen LogP contribution is -2.04. The molecule has 0 aromatic carbocycles. The maximum Gasteiger partial charge on any atom is 0.348 e. The smallest absolute Gasteiger partial charge is 0.348 e. The van der Waals surface area contributed by atoms with Crippen molar-refractivity contribution in [2.75, 3.05) is 5.32 Å². The number of nitrogens with zero attached hydrogens (tertiary/aromatic N) is 1. The van der Waals surface area contributed by atoms with Crippen molar-refractivity contribution in [3.8, 4) is 11.5 Å². The number of rotatable bonds is 5. The number of carbonyl (C=O) groups excluding carboxylic acids is 2. The molecule has 7 nitrogen and oxygen atoms in total. The Morgan fingerprint density at radius 2 is 2.17 bits per heavy atom. The topological polar surface area (TPSA) is 94.6 Å². The number of furan rings is 1. The van der Waals surface area contributed by atoms with Crippen LogP contribution in [0.3, 0.4) is 0 Å². The van der Waals surface area contributed by atoms with Crippen molar-refractivity contribution in [2.45, 2.75) is 13.5 Å². The predicted octanol–water partition coefficient (Wildman–Crippen LogP) is 3.31. The van der Waals surface area contributed by atoms with Gasteiger partial charge in [0.25, 0.3) is 0 Å². The summed E-state index contributed by atoms with van der Waals surface area (Å²) in [6.07, 6.45) is 1.53. The van der Waals surface area contributed by atoms with Gasteiger partial charge in [0.1, 0.15) is 17.2 Å². The van der Waals surface area contributed by atoms with Gasteiger partial charge in [0.2, 0.25) is 11.7 Å². The minimum atomic E-state index is -0.492. The quantitative estimate of drug-likeness (QED) is 0.720. The Balaban J connectivity index is 1.58. The Morgan fingerprint density at radius 3 is 2.91 bits per heavy atom. The molecule has 0 radical (unpaired) electrons. The Labute approximate surface area is 134 Å². The first-order valence-corrected chi connectivity index (χ1v) is 7.47. The summed E-state index contributed by atoms with van der Waals surface area (Å²) in [4.78, 5) is 23.3. The average Bonchev–Trinajstić information content (AvgIpc) is 3.24. The first-order chi connectivity index (χ1) is 11.1. The van der Waals surface area contributed by atoms with Gasteiger partial charge in [-0.3, -0.25) is 4.79 Å². The van der Waals surface area contributed by atoms with Gasteiger partial charge in [-0.05, 0) is 24.3 Å². The van der Waals surface area contributed by atoms with Crippen molar-refractivity contribution < 1.29 is 23.3 Å². The third-order valence-electron chi connectivity index (χ3n) is 2.78. The maximum atomic E-state index is 12.0. The zero-order chi connectivity index (χ0) is 16.2. The van der Waals surface area contributed by atoms with E-state index in [-0.39, 0.29) is 12.5 Å². The van der Waals surface area contributed by atoms with Gasteiger partial charge < -0.3 is 19.0 Å². The second-order valence-electron chi connectivity index (χ2n) is 4.58. The van der Waals surface area contributed by atoms with E-state index in [9.17, 15) is 9.59 Å². The standard InChI is InChI=1S/C15H12N2O5S/c1-9(18)16-14-5-4-13(23-14)15(19)21-8-10-7-12(22-17-10)11-3-2-6-20-11/h2-7H,8H2,1H3,(H,16,18). The van der Waals surface area contributed by atoms with Crippen LogP contribution in [-0.4, -0.2) is 17.0 Å². The highest BCUT2D eigenvalue weighted by Crippen LogP contribution is 2.24. The number of thiophene rings is 1. The lowest BCUT2D eigenvalue weighted by atomic mass is 10.3. The summed E-state index contributed by atoms with van der Waals surface area (Å²) < 4.78 is 15.5. The van der Waals surface area contributed by atoms with E-state index in [1.165, 1.54) is 13.2 Å². The Hall–Kier alpha value is -2.87. The molecule has 3 aromatic heterocycles. The fraction of sp³-hybridized carbons (Fsp3) is 0.133. The van der Waals surface area contributed by atoms with Crippen LogP contribution >= 0.6 is 11.3 Å². The molecule has 0 aliphatic heterocycles. The first-order valence-electron chi connectivity index (χ1n) is 6.66. The van der Waals surface area contributed by atoms with E-state index in [4.69, 9.17) is 13.7 Å². The zero-order valence-corrected chi connectivity index (χ0v) is 12.9. The van der Waals surface area contributed by atoms with Crippen molar-refractivity contribution in [1.29, 1.82) is 0 Å². The molecule has 0 aliphatic rings. The van der Waals surface area contributed by atoms with Crippen LogP contribution in [0.15, 0.2) is 45.5 Å². The predicted molar refractivity (Wildman–Crippen MR) is 81.9 cm³/mol. The van der Waals surface area contributed by atoms with Crippen LogP contribution in [-0.2, 0) is 16.1 Å². The number of aromatic nitrogens is 1. The largest absolute Gasteiger partial charge is 0.461 e. The molecule has 0 atom stereocenters. The first kappa shape index (κ1) is 15.0. The highest BCUT2D eigenvalue weighted by molar-refractivity contribution is 7.18. The fourth-order valence-corrected chi connectivity index (χ4v) is 2.66. The number of ether oxygens (including phenoxy) is 1. The summed E-state index contributed by atoms with van der Waals surface area (Å²) in [7, 11) is 0. The fourth-order valence-electron chi connectivity index (χ4n) is 1.81. The number of hydrogen-bond donors (Lipinski definition) is 1. The molecule has 23 heavy (non-hydrogen) atoms. The van der Waals surface area contributed by atoms with Crippen LogP contribution in [0.4, 0.5) is 5.00 Å². The van der Waals surface area contributed by atoms with E-state index in [0.29, 0.717) is 27.1 Å². The second kappa shape index (κ2) is 6.49. The number of nitrogens with one attached hydrogen (secondary N) is 1. The molecule has 0 spiro atoms.